The number of likely N-dealkylation sites (N-methyl/N-ethyl adjacent to an activating group) is 1. The van der Waals surface area contributed by atoms with Crippen LogP contribution in [0.25, 0.3) is 0 Å². The first-order valence-corrected chi connectivity index (χ1v) is 8.14. The third-order valence-corrected chi connectivity index (χ3v) is 5.23. The van der Waals surface area contributed by atoms with Crippen molar-refractivity contribution in [1.29, 1.82) is 0 Å². The molecule has 2 aliphatic rings. The molecule has 0 aromatic carbocycles. The fraction of sp³-hybridized carbons (Fsp3) is 1.00. The molecule has 1 saturated carbocycles. The molecule has 0 bridgehead atoms. The third kappa shape index (κ3) is 3.08. The molecule has 0 aromatic heterocycles. The minimum absolute atomic E-state index is 0.741. The van der Waals surface area contributed by atoms with E-state index in [1.807, 2.05) is 0 Å². The molecule has 0 spiro atoms. The fourth-order valence-corrected chi connectivity index (χ4v) is 4.26. The molecule has 1 heterocycles. The van der Waals surface area contributed by atoms with E-state index in [-0.39, 0.29) is 0 Å². The lowest BCUT2D eigenvalue weighted by Gasteiger charge is -2.43. The Labute approximate surface area is 114 Å². The first kappa shape index (κ1) is 14.3. The zero-order chi connectivity index (χ0) is 13.1. The van der Waals surface area contributed by atoms with Gasteiger partial charge in [-0.3, -0.25) is 4.90 Å². The number of hydrogen-bond donors (Lipinski definition) is 1. The van der Waals surface area contributed by atoms with E-state index < -0.39 is 0 Å². The van der Waals surface area contributed by atoms with Gasteiger partial charge in [0.15, 0.2) is 0 Å². The Balaban J connectivity index is 2.04. The van der Waals surface area contributed by atoms with Crippen molar-refractivity contribution >= 4 is 0 Å². The molecule has 2 heteroatoms. The quantitative estimate of drug-likeness (QED) is 0.826. The maximum Gasteiger partial charge on any atom is 0.0254 e. The average Bonchev–Trinajstić information content (AvgIpc) is 2.69. The van der Waals surface area contributed by atoms with Crippen LogP contribution >= 0.6 is 0 Å². The van der Waals surface area contributed by atoms with E-state index in [1.54, 1.807) is 0 Å². The molecule has 1 N–H and O–H groups in total. The highest BCUT2D eigenvalue weighted by atomic mass is 15.2. The average molecular weight is 252 g/mol. The number of nitrogens with zero attached hydrogens (tertiary/aromatic N) is 1. The monoisotopic (exact) mass is 252 g/mol. The first-order valence-electron chi connectivity index (χ1n) is 8.14. The molecule has 18 heavy (non-hydrogen) atoms. The molecule has 1 aliphatic carbocycles. The molecule has 2 nitrogen and oxygen atoms in total. The van der Waals surface area contributed by atoms with Crippen molar-refractivity contribution in [2.75, 3.05) is 13.1 Å². The van der Waals surface area contributed by atoms with E-state index in [2.05, 4.69) is 37.9 Å². The summed E-state index contributed by atoms with van der Waals surface area (Å²) < 4.78 is 0. The van der Waals surface area contributed by atoms with Crippen LogP contribution in [0.5, 0.6) is 0 Å². The van der Waals surface area contributed by atoms with Gasteiger partial charge in [0.2, 0.25) is 0 Å². The maximum absolute atomic E-state index is 3.75. The summed E-state index contributed by atoms with van der Waals surface area (Å²) in [5.41, 5.74) is 0. The second kappa shape index (κ2) is 6.38. The highest BCUT2D eigenvalue weighted by Crippen LogP contribution is 2.35. The van der Waals surface area contributed by atoms with E-state index in [0.29, 0.717) is 0 Å². The fourth-order valence-electron chi connectivity index (χ4n) is 4.26. The molecular weight excluding hydrogens is 220 g/mol. The second-order valence-corrected chi connectivity index (χ2v) is 6.71. The molecular formula is C16H32N2. The Morgan fingerprint density at radius 3 is 2.44 bits per heavy atom. The van der Waals surface area contributed by atoms with Crippen LogP contribution in [-0.2, 0) is 0 Å². The van der Waals surface area contributed by atoms with Crippen LogP contribution in [0, 0.1) is 11.8 Å². The third-order valence-electron chi connectivity index (χ3n) is 5.23. The summed E-state index contributed by atoms with van der Waals surface area (Å²) in [6.45, 7) is 11.9. The molecule has 2 rings (SSSR count). The van der Waals surface area contributed by atoms with Crippen LogP contribution < -0.4 is 5.32 Å². The van der Waals surface area contributed by atoms with Crippen LogP contribution in [-0.4, -0.2) is 36.1 Å². The molecule has 5 unspecified atom stereocenters. The SMILES string of the molecule is CCNC1CCC(CC)CC1N1CC(C)CC1C. The molecule has 5 atom stereocenters. The second-order valence-electron chi connectivity index (χ2n) is 6.71. The van der Waals surface area contributed by atoms with E-state index in [0.717, 1.165) is 36.5 Å². The van der Waals surface area contributed by atoms with Crippen LogP contribution in [0.1, 0.15) is 59.8 Å². The van der Waals surface area contributed by atoms with Crippen molar-refractivity contribution in [2.45, 2.75) is 77.9 Å². The van der Waals surface area contributed by atoms with Gasteiger partial charge in [-0.25, -0.2) is 0 Å². The normalized spacial score (nSPS) is 42.3. The summed E-state index contributed by atoms with van der Waals surface area (Å²) >= 11 is 0. The Kier molecular flexibility index (Phi) is 5.08. The van der Waals surface area contributed by atoms with Crippen LogP contribution in [0.15, 0.2) is 0 Å². The highest BCUT2D eigenvalue weighted by molar-refractivity contribution is 4.95. The van der Waals surface area contributed by atoms with E-state index >= 15 is 0 Å². The van der Waals surface area contributed by atoms with E-state index in [4.69, 9.17) is 0 Å². The number of rotatable bonds is 4. The summed E-state index contributed by atoms with van der Waals surface area (Å²) in [6, 6.07) is 2.33. The van der Waals surface area contributed by atoms with Crippen molar-refractivity contribution in [2.24, 2.45) is 11.8 Å². The molecule has 1 aliphatic heterocycles. The molecule has 0 aromatic rings. The maximum atomic E-state index is 3.75. The van der Waals surface area contributed by atoms with E-state index in [9.17, 15) is 0 Å². The van der Waals surface area contributed by atoms with Gasteiger partial charge >= 0.3 is 0 Å². The van der Waals surface area contributed by atoms with Crippen molar-refractivity contribution in [3.63, 3.8) is 0 Å². The summed E-state index contributed by atoms with van der Waals surface area (Å²) in [5, 5.41) is 3.75. The van der Waals surface area contributed by atoms with Gasteiger partial charge in [-0.05, 0) is 51.0 Å². The summed E-state index contributed by atoms with van der Waals surface area (Å²) in [5.74, 6) is 1.86. The van der Waals surface area contributed by atoms with Gasteiger partial charge in [-0.1, -0.05) is 27.2 Å². The number of hydrogen-bond acceptors (Lipinski definition) is 2. The first-order chi connectivity index (χ1) is 8.65. The Morgan fingerprint density at radius 1 is 1.11 bits per heavy atom. The molecule has 106 valence electrons. The number of likely N-dealkylation sites (tertiary alicyclic amines) is 1. The predicted molar refractivity (Wildman–Crippen MR) is 78.8 cm³/mol. The Bertz CT molecular complexity index is 253. The Morgan fingerprint density at radius 2 is 1.89 bits per heavy atom. The van der Waals surface area contributed by atoms with Crippen molar-refractivity contribution in [1.82, 2.24) is 10.2 Å². The van der Waals surface area contributed by atoms with Crippen LogP contribution in [0.3, 0.4) is 0 Å². The summed E-state index contributed by atoms with van der Waals surface area (Å²) in [4.78, 5) is 2.82. The minimum atomic E-state index is 0.741. The van der Waals surface area contributed by atoms with E-state index in [1.165, 1.54) is 38.6 Å². The van der Waals surface area contributed by atoms with Gasteiger partial charge in [0.25, 0.3) is 0 Å². The van der Waals surface area contributed by atoms with Gasteiger partial charge in [-0.15, -0.1) is 0 Å². The lowest BCUT2D eigenvalue weighted by Crippen LogP contribution is -2.54. The standard InChI is InChI=1S/C16H32N2/c1-5-14-7-8-15(17-6-2)16(10-14)18-11-12(3)9-13(18)4/h12-17H,5-11H2,1-4H3. The van der Waals surface area contributed by atoms with Gasteiger partial charge in [0.1, 0.15) is 0 Å². The lowest BCUT2D eigenvalue weighted by atomic mass is 9.80. The van der Waals surface area contributed by atoms with Crippen LogP contribution in [0.2, 0.25) is 0 Å². The summed E-state index contributed by atoms with van der Waals surface area (Å²) in [7, 11) is 0. The van der Waals surface area contributed by atoms with Gasteiger partial charge in [0.05, 0.1) is 0 Å². The topological polar surface area (TPSA) is 15.3 Å². The largest absolute Gasteiger partial charge is 0.313 e. The van der Waals surface area contributed by atoms with Crippen molar-refractivity contribution < 1.29 is 0 Å². The Hall–Kier alpha value is -0.0800. The number of nitrogens with one attached hydrogen (secondary N) is 1. The zero-order valence-electron chi connectivity index (χ0n) is 12.8. The van der Waals surface area contributed by atoms with Crippen molar-refractivity contribution in [3.8, 4) is 0 Å². The van der Waals surface area contributed by atoms with Gasteiger partial charge < -0.3 is 5.32 Å². The van der Waals surface area contributed by atoms with Crippen molar-refractivity contribution in [3.05, 3.63) is 0 Å². The van der Waals surface area contributed by atoms with Gasteiger partial charge in [0, 0.05) is 24.7 Å². The molecule has 0 amide bonds. The minimum Gasteiger partial charge on any atom is -0.313 e. The molecule has 2 fully saturated rings. The highest BCUT2D eigenvalue weighted by Gasteiger charge is 2.38. The lowest BCUT2D eigenvalue weighted by molar-refractivity contribution is 0.0893. The van der Waals surface area contributed by atoms with Gasteiger partial charge in [-0.2, -0.15) is 0 Å². The smallest absolute Gasteiger partial charge is 0.0254 e. The summed E-state index contributed by atoms with van der Waals surface area (Å²) in [6.07, 6.45) is 7.00. The molecule has 0 radical (unpaired) electrons. The zero-order valence-corrected chi connectivity index (χ0v) is 12.8. The van der Waals surface area contributed by atoms with Crippen LogP contribution in [0.4, 0.5) is 0 Å². The predicted octanol–water partition coefficient (Wildman–Crippen LogP) is 3.27. The molecule has 1 saturated heterocycles.